The van der Waals surface area contributed by atoms with E-state index in [2.05, 4.69) is 37.9 Å². The van der Waals surface area contributed by atoms with E-state index in [1.165, 1.54) is 0 Å². The highest BCUT2D eigenvalue weighted by molar-refractivity contribution is 5.80. The van der Waals surface area contributed by atoms with Crippen LogP contribution in [0.4, 0.5) is 0 Å². The molecule has 0 aromatic carbocycles. The minimum Gasteiger partial charge on any atom is -0.325 e. The highest BCUT2D eigenvalue weighted by Gasteiger charge is 2.30. The third kappa shape index (κ3) is 4.28. The van der Waals surface area contributed by atoms with Crippen LogP contribution in [0.3, 0.4) is 0 Å². The van der Waals surface area contributed by atoms with Crippen molar-refractivity contribution in [3.8, 4) is 0 Å². The van der Waals surface area contributed by atoms with Gasteiger partial charge in [0.25, 0.3) is 0 Å². The lowest BCUT2D eigenvalue weighted by molar-refractivity contribution is -0.128. The maximum absolute atomic E-state index is 11.8. The van der Waals surface area contributed by atoms with Crippen LogP contribution in [0.15, 0.2) is 0 Å². The molecule has 0 radical (unpaired) electrons. The van der Waals surface area contributed by atoms with Crippen LogP contribution in [0.5, 0.6) is 0 Å². The van der Waals surface area contributed by atoms with Crippen molar-refractivity contribution in [3.05, 3.63) is 0 Å². The molecule has 1 aliphatic rings. The third-order valence-corrected chi connectivity index (χ3v) is 3.43. The van der Waals surface area contributed by atoms with Crippen molar-refractivity contribution in [2.75, 3.05) is 32.7 Å². The van der Waals surface area contributed by atoms with Crippen molar-refractivity contribution in [2.45, 2.75) is 40.3 Å². The Hall–Kier alpha value is -0.610. The van der Waals surface area contributed by atoms with Crippen LogP contribution in [0.2, 0.25) is 0 Å². The van der Waals surface area contributed by atoms with Gasteiger partial charge in [0.15, 0.2) is 0 Å². The van der Waals surface area contributed by atoms with Gasteiger partial charge < -0.3 is 9.80 Å². The molecule has 0 spiro atoms. The number of carbonyl (C=O) groups excluding carboxylic acids is 1. The first kappa shape index (κ1) is 14.5. The number of hydrogen-bond donors (Lipinski definition) is 1. The fourth-order valence-corrected chi connectivity index (χ4v) is 2.32. The Labute approximate surface area is 105 Å². The van der Waals surface area contributed by atoms with Gasteiger partial charge in [-0.3, -0.25) is 10.1 Å². The second kappa shape index (κ2) is 6.97. The molecule has 0 aromatic rings. The van der Waals surface area contributed by atoms with Crippen molar-refractivity contribution >= 4 is 5.91 Å². The maximum Gasteiger partial charge on any atom is 0.237 e. The number of nitrogens with one attached hydrogen (secondary N) is 1. The molecule has 1 rings (SSSR count). The molecule has 1 saturated heterocycles. The van der Waals surface area contributed by atoms with E-state index in [1.54, 1.807) is 0 Å². The molecule has 4 nitrogen and oxygen atoms in total. The smallest absolute Gasteiger partial charge is 0.237 e. The van der Waals surface area contributed by atoms with Crippen molar-refractivity contribution in [1.82, 2.24) is 15.1 Å². The summed E-state index contributed by atoms with van der Waals surface area (Å²) in [7, 11) is 0. The summed E-state index contributed by atoms with van der Waals surface area (Å²) in [6, 6.07) is 0. The second-order valence-corrected chi connectivity index (χ2v) is 5.14. The Bertz CT molecular complexity index is 239. The molecule has 0 aliphatic carbocycles. The Kier molecular flexibility index (Phi) is 5.92. The van der Waals surface area contributed by atoms with Gasteiger partial charge in [-0.1, -0.05) is 27.7 Å². The number of hydrogen-bond acceptors (Lipinski definition) is 3. The topological polar surface area (TPSA) is 35.6 Å². The van der Waals surface area contributed by atoms with Gasteiger partial charge in [-0.25, -0.2) is 0 Å². The van der Waals surface area contributed by atoms with Crippen LogP contribution in [0, 0.1) is 5.92 Å². The zero-order valence-electron chi connectivity index (χ0n) is 11.7. The molecule has 100 valence electrons. The molecule has 0 bridgehead atoms. The van der Waals surface area contributed by atoms with Gasteiger partial charge in [-0.15, -0.1) is 0 Å². The number of carbonyl (C=O) groups is 1. The average Bonchev–Trinajstić information content (AvgIpc) is 2.61. The summed E-state index contributed by atoms with van der Waals surface area (Å²) in [5.74, 6) is 0.872. The summed E-state index contributed by atoms with van der Waals surface area (Å²) in [5.41, 5.74) is 0. The fourth-order valence-electron chi connectivity index (χ4n) is 2.32. The molecule has 1 atom stereocenters. The largest absolute Gasteiger partial charge is 0.325 e. The quantitative estimate of drug-likeness (QED) is 0.726. The molecule has 1 unspecified atom stereocenters. The minimum absolute atomic E-state index is 0.248. The summed E-state index contributed by atoms with van der Waals surface area (Å²) in [4.78, 5) is 16.2. The van der Waals surface area contributed by atoms with Crippen LogP contribution in [0.25, 0.3) is 0 Å². The summed E-state index contributed by atoms with van der Waals surface area (Å²) in [6.45, 7) is 13.2. The van der Waals surface area contributed by atoms with E-state index in [9.17, 15) is 4.79 Å². The van der Waals surface area contributed by atoms with Crippen molar-refractivity contribution in [2.24, 2.45) is 5.92 Å². The maximum atomic E-state index is 11.8. The molecule has 1 amide bonds. The van der Waals surface area contributed by atoms with E-state index in [4.69, 9.17) is 0 Å². The first-order valence-electron chi connectivity index (χ1n) is 6.83. The van der Waals surface area contributed by atoms with Crippen molar-refractivity contribution in [3.63, 3.8) is 0 Å². The number of nitrogens with zero attached hydrogens (tertiary/aromatic N) is 2. The molecule has 0 saturated carbocycles. The molecule has 4 heteroatoms. The van der Waals surface area contributed by atoms with Crippen LogP contribution in [0.1, 0.15) is 34.1 Å². The molecule has 17 heavy (non-hydrogen) atoms. The fraction of sp³-hybridized carbons (Fsp3) is 0.923. The zero-order valence-corrected chi connectivity index (χ0v) is 11.7. The van der Waals surface area contributed by atoms with E-state index in [-0.39, 0.29) is 12.1 Å². The van der Waals surface area contributed by atoms with Crippen LogP contribution in [-0.4, -0.2) is 54.6 Å². The number of likely N-dealkylation sites (N-methyl/N-ethyl adjacent to an activating group) is 1. The Balaban J connectivity index is 2.45. The summed E-state index contributed by atoms with van der Waals surface area (Å²) < 4.78 is 0. The first-order valence-corrected chi connectivity index (χ1v) is 6.83. The normalized spacial score (nSPS) is 20.9. The monoisotopic (exact) mass is 241 g/mol. The van der Waals surface area contributed by atoms with Crippen LogP contribution >= 0.6 is 0 Å². The molecule has 1 aliphatic heterocycles. The molecule has 1 N–H and O–H groups in total. The highest BCUT2D eigenvalue weighted by atomic mass is 16.2. The Morgan fingerprint density at radius 3 is 2.59 bits per heavy atom. The van der Waals surface area contributed by atoms with Gasteiger partial charge >= 0.3 is 0 Å². The summed E-state index contributed by atoms with van der Waals surface area (Å²) >= 11 is 0. The predicted octanol–water partition coefficient (Wildman–Crippen LogP) is 1.13. The first-order chi connectivity index (χ1) is 8.08. The molecule has 1 heterocycles. The molecular weight excluding hydrogens is 214 g/mol. The number of rotatable bonds is 7. The van der Waals surface area contributed by atoms with Gasteiger partial charge in [0.2, 0.25) is 5.91 Å². The predicted molar refractivity (Wildman–Crippen MR) is 70.7 cm³/mol. The van der Waals surface area contributed by atoms with E-state index in [0.717, 1.165) is 32.6 Å². The Morgan fingerprint density at radius 1 is 1.41 bits per heavy atom. The lowest BCUT2D eigenvalue weighted by Crippen LogP contribution is -2.43. The van der Waals surface area contributed by atoms with Gasteiger partial charge in [0.1, 0.15) is 0 Å². The summed E-state index contributed by atoms with van der Waals surface area (Å²) in [5, 5.41) is 3.31. The van der Waals surface area contributed by atoms with Crippen LogP contribution in [-0.2, 0) is 4.79 Å². The van der Waals surface area contributed by atoms with Gasteiger partial charge in [0, 0.05) is 13.1 Å². The SMILES string of the molecule is CCN(CC)CCN1C(=O)CNC1CC(C)C. The molecule has 1 fully saturated rings. The average molecular weight is 241 g/mol. The second-order valence-electron chi connectivity index (χ2n) is 5.14. The minimum atomic E-state index is 0.248. The van der Waals surface area contributed by atoms with Gasteiger partial charge in [-0.2, -0.15) is 0 Å². The van der Waals surface area contributed by atoms with E-state index in [0.29, 0.717) is 12.5 Å². The lowest BCUT2D eigenvalue weighted by atomic mass is 10.1. The van der Waals surface area contributed by atoms with E-state index < -0.39 is 0 Å². The van der Waals surface area contributed by atoms with E-state index >= 15 is 0 Å². The molecule has 0 aromatic heterocycles. The zero-order chi connectivity index (χ0) is 12.8. The highest BCUT2D eigenvalue weighted by Crippen LogP contribution is 2.13. The number of amides is 1. The third-order valence-electron chi connectivity index (χ3n) is 3.43. The van der Waals surface area contributed by atoms with Crippen molar-refractivity contribution in [1.29, 1.82) is 0 Å². The van der Waals surface area contributed by atoms with Crippen LogP contribution < -0.4 is 5.32 Å². The molecular formula is C13H27N3O. The standard InChI is InChI=1S/C13H27N3O/c1-5-15(6-2)7-8-16-12(9-11(3)4)14-10-13(16)17/h11-12,14H,5-10H2,1-4H3. The van der Waals surface area contributed by atoms with Gasteiger partial charge in [0.05, 0.1) is 12.7 Å². The lowest BCUT2D eigenvalue weighted by Gasteiger charge is -2.28. The van der Waals surface area contributed by atoms with E-state index in [1.807, 2.05) is 4.90 Å². The van der Waals surface area contributed by atoms with Gasteiger partial charge in [-0.05, 0) is 25.4 Å². The Morgan fingerprint density at radius 2 is 2.06 bits per heavy atom. The summed E-state index contributed by atoms with van der Waals surface area (Å²) in [6.07, 6.45) is 1.29. The van der Waals surface area contributed by atoms with Crippen molar-refractivity contribution < 1.29 is 4.79 Å².